The number of urea groups is 1. The van der Waals surface area contributed by atoms with E-state index in [0.29, 0.717) is 12.6 Å². The Labute approximate surface area is 148 Å². The SMILES string of the molecule is O=C(NCC#CCOc1ccc2cccnc2c1)NC1CCCCC1. The van der Waals surface area contributed by atoms with Crippen molar-refractivity contribution in [2.45, 2.75) is 38.1 Å². The summed E-state index contributed by atoms with van der Waals surface area (Å²) in [5.41, 5.74) is 0.897. The standard InChI is InChI=1S/C20H23N3O2/c24-20(23-17-8-2-1-3-9-17)22-12-4-5-14-25-18-11-10-16-7-6-13-21-19(16)15-18/h6-7,10-11,13,15,17H,1-3,8-9,12,14H2,(H2,22,23,24). The van der Waals surface area contributed by atoms with Crippen molar-refractivity contribution in [3.05, 3.63) is 36.5 Å². The fourth-order valence-corrected chi connectivity index (χ4v) is 2.98. The Balaban J connectivity index is 1.36. The van der Waals surface area contributed by atoms with E-state index in [9.17, 15) is 4.79 Å². The molecule has 2 N–H and O–H groups in total. The molecule has 2 aromatic rings. The van der Waals surface area contributed by atoms with Crippen LogP contribution in [0.3, 0.4) is 0 Å². The van der Waals surface area contributed by atoms with E-state index in [1.54, 1.807) is 6.20 Å². The zero-order valence-corrected chi connectivity index (χ0v) is 14.3. The molecule has 0 atom stereocenters. The monoisotopic (exact) mass is 337 g/mol. The summed E-state index contributed by atoms with van der Waals surface area (Å²) in [5, 5.41) is 6.84. The van der Waals surface area contributed by atoms with Gasteiger partial charge in [0.25, 0.3) is 0 Å². The molecule has 2 amide bonds. The van der Waals surface area contributed by atoms with Gasteiger partial charge in [0, 0.05) is 23.7 Å². The predicted molar refractivity (Wildman–Crippen MR) is 98.4 cm³/mol. The van der Waals surface area contributed by atoms with Crippen LogP contribution < -0.4 is 15.4 Å². The molecule has 0 radical (unpaired) electrons. The minimum Gasteiger partial charge on any atom is -0.481 e. The Hall–Kier alpha value is -2.74. The third kappa shape index (κ3) is 5.39. The highest BCUT2D eigenvalue weighted by molar-refractivity contribution is 5.79. The Bertz CT molecular complexity index is 773. The number of hydrogen-bond acceptors (Lipinski definition) is 3. The summed E-state index contributed by atoms with van der Waals surface area (Å²) in [4.78, 5) is 16.1. The van der Waals surface area contributed by atoms with Crippen LogP contribution >= 0.6 is 0 Å². The predicted octanol–water partition coefficient (Wildman–Crippen LogP) is 3.25. The lowest BCUT2D eigenvalue weighted by molar-refractivity contribution is 0.234. The van der Waals surface area contributed by atoms with Gasteiger partial charge >= 0.3 is 6.03 Å². The maximum absolute atomic E-state index is 11.8. The van der Waals surface area contributed by atoms with E-state index < -0.39 is 0 Å². The summed E-state index contributed by atoms with van der Waals surface area (Å²) in [6.45, 7) is 0.603. The number of aromatic nitrogens is 1. The number of pyridine rings is 1. The van der Waals surface area contributed by atoms with Crippen molar-refractivity contribution >= 4 is 16.9 Å². The zero-order valence-electron chi connectivity index (χ0n) is 14.3. The number of carbonyl (C=O) groups excluding carboxylic acids is 1. The molecular formula is C20H23N3O2. The Morgan fingerprint density at radius 2 is 2.08 bits per heavy atom. The van der Waals surface area contributed by atoms with Crippen LogP contribution in [-0.4, -0.2) is 30.2 Å². The van der Waals surface area contributed by atoms with Crippen LogP contribution in [0.2, 0.25) is 0 Å². The first-order valence-corrected chi connectivity index (χ1v) is 8.79. The van der Waals surface area contributed by atoms with E-state index in [1.165, 1.54) is 19.3 Å². The summed E-state index contributed by atoms with van der Waals surface area (Å²) in [7, 11) is 0. The van der Waals surface area contributed by atoms with Crippen molar-refractivity contribution in [3.63, 3.8) is 0 Å². The van der Waals surface area contributed by atoms with Crippen molar-refractivity contribution < 1.29 is 9.53 Å². The topological polar surface area (TPSA) is 63.2 Å². The number of rotatable bonds is 4. The van der Waals surface area contributed by atoms with Crippen molar-refractivity contribution in [1.29, 1.82) is 0 Å². The molecule has 5 nitrogen and oxygen atoms in total. The lowest BCUT2D eigenvalue weighted by Crippen LogP contribution is -2.42. The third-order valence-electron chi connectivity index (χ3n) is 4.29. The highest BCUT2D eigenvalue weighted by atomic mass is 16.5. The lowest BCUT2D eigenvalue weighted by atomic mass is 9.96. The first-order chi connectivity index (χ1) is 12.3. The van der Waals surface area contributed by atoms with Crippen molar-refractivity contribution in [2.24, 2.45) is 0 Å². The van der Waals surface area contributed by atoms with E-state index in [4.69, 9.17) is 4.74 Å². The van der Waals surface area contributed by atoms with Gasteiger partial charge in [-0.15, -0.1) is 0 Å². The van der Waals surface area contributed by atoms with Crippen LogP contribution in [0.5, 0.6) is 5.75 Å². The minimum atomic E-state index is -0.136. The molecule has 1 heterocycles. The number of nitrogens with zero attached hydrogens (tertiary/aromatic N) is 1. The largest absolute Gasteiger partial charge is 0.481 e. The summed E-state index contributed by atoms with van der Waals surface area (Å²) >= 11 is 0. The molecule has 130 valence electrons. The van der Waals surface area contributed by atoms with Gasteiger partial charge in [-0.2, -0.15) is 0 Å². The molecule has 1 aliphatic rings. The number of ether oxygens (including phenoxy) is 1. The van der Waals surface area contributed by atoms with Gasteiger partial charge in [-0.25, -0.2) is 4.79 Å². The highest BCUT2D eigenvalue weighted by Crippen LogP contribution is 2.18. The zero-order chi connectivity index (χ0) is 17.3. The molecule has 3 rings (SSSR count). The summed E-state index contributed by atoms with van der Waals surface area (Å²) < 4.78 is 5.60. The van der Waals surface area contributed by atoms with E-state index >= 15 is 0 Å². The normalized spacial score (nSPS) is 14.4. The molecule has 1 aromatic heterocycles. The van der Waals surface area contributed by atoms with Gasteiger partial charge in [-0.1, -0.05) is 37.2 Å². The van der Waals surface area contributed by atoms with Gasteiger partial charge < -0.3 is 15.4 Å². The number of hydrogen-bond donors (Lipinski definition) is 2. The van der Waals surface area contributed by atoms with Crippen LogP contribution in [0.25, 0.3) is 10.9 Å². The van der Waals surface area contributed by atoms with Gasteiger partial charge in [0.15, 0.2) is 0 Å². The third-order valence-corrected chi connectivity index (χ3v) is 4.29. The lowest BCUT2D eigenvalue weighted by Gasteiger charge is -2.22. The molecule has 1 saturated carbocycles. The van der Waals surface area contributed by atoms with Gasteiger partial charge in [-0.3, -0.25) is 4.98 Å². The van der Waals surface area contributed by atoms with Crippen LogP contribution in [0.4, 0.5) is 4.79 Å². The van der Waals surface area contributed by atoms with E-state index in [-0.39, 0.29) is 12.6 Å². The van der Waals surface area contributed by atoms with Crippen LogP contribution in [-0.2, 0) is 0 Å². The molecule has 1 aromatic carbocycles. The van der Waals surface area contributed by atoms with Gasteiger partial charge in [0.05, 0.1) is 12.1 Å². The van der Waals surface area contributed by atoms with Crippen molar-refractivity contribution in [1.82, 2.24) is 15.6 Å². The molecule has 0 bridgehead atoms. The van der Waals surface area contributed by atoms with Gasteiger partial charge in [0.1, 0.15) is 12.4 Å². The van der Waals surface area contributed by atoms with E-state index in [0.717, 1.165) is 29.5 Å². The molecule has 1 aliphatic carbocycles. The Morgan fingerprint density at radius 3 is 2.96 bits per heavy atom. The second-order valence-electron chi connectivity index (χ2n) is 6.16. The van der Waals surface area contributed by atoms with Gasteiger partial charge in [0.2, 0.25) is 0 Å². The maximum Gasteiger partial charge on any atom is 0.315 e. The Morgan fingerprint density at radius 1 is 1.20 bits per heavy atom. The van der Waals surface area contributed by atoms with E-state index in [2.05, 4.69) is 27.5 Å². The molecular weight excluding hydrogens is 314 g/mol. The molecule has 0 saturated heterocycles. The van der Waals surface area contributed by atoms with Gasteiger partial charge in [-0.05, 0) is 31.0 Å². The Kier molecular flexibility index (Phi) is 6.11. The number of amides is 2. The van der Waals surface area contributed by atoms with Crippen molar-refractivity contribution in [2.75, 3.05) is 13.2 Å². The highest BCUT2D eigenvalue weighted by Gasteiger charge is 2.14. The average molecular weight is 337 g/mol. The van der Waals surface area contributed by atoms with E-state index in [1.807, 2.05) is 30.3 Å². The maximum atomic E-state index is 11.8. The van der Waals surface area contributed by atoms with Crippen molar-refractivity contribution in [3.8, 4) is 17.6 Å². The van der Waals surface area contributed by atoms with Crippen LogP contribution in [0.15, 0.2) is 36.5 Å². The molecule has 1 fully saturated rings. The van der Waals surface area contributed by atoms with Crippen LogP contribution in [0.1, 0.15) is 32.1 Å². The first kappa shape index (κ1) is 17.1. The smallest absolute Gasteiger partial charge is 0.315 e. The number of fused-ring (bicyclic) bond motifs is 1. The fraction of sp³-hybridized carbons (Fsp3) is 0.400. The number of carbonyl (C=O) groups is 1. The summed E-state index contributed by atoms with van der Waals surface area (Å²) in [5.74, 6) is 6.54. The first-order valence-electron chi connectivity index (χ1n) is 8.79. The minimum absolute atomic E-state index is 0.136. The quantitative estimate of drug-likeness (QED) is 0.842. The molecule has 0 unspecified atom stereocenters. The number of benzene rings is 1. The summed E-state index contributed by atoms with van der Waals surface area (Å²) in [6.07, 6.45) is 7.59. The summed E-state index contributed by atoms with van der Waals surface area (Å²) in [6, 6.07) is 9.87. The molecule has 0 aliphatic heterocycles. The molecule has 0 spiro atoms. The fourth-order valence-electron chi connectivity index (χ4n) is 2.98. The number of nitrogens with one attached hydrogen (secondary N) is 2. The second kappa shape index (κ2) is 8.93. The average Bonchev–Trinajstić information content (AvgIpc) is 2.65. The molecule has 5 heteroatoms. The second-order valence-corrected chi connectivity index (χ2v) is 6.16. The molecule has 25 heavy (non-hydrogen) atoms. The van der Waals surface area contributed by atoms with Crippen LogP contribution in [0, 0.1) is 11.8 Å².